The minimum atomic E-state index is -0.170. The largest absolute Gasteiger partial charge is 0.497 e. The van der Waals surface area contributed by atoms with Crippen molar-refractivity contribution in [1.29, 1.82) is 0 Å². The van der Waals surface area contributed by atoms with Gasteiger partial charge in [-0.05, 0) is 48.5 Å². The highest BCUT2D eigenvalue weighted by Crippen LogP contribution is 2.19. The molecule has 6 nitrogen and oxygen atoms in total. The fourth-order valence-electron chi connectivity index (χ4n) is 2.95. The second-order valence-corrected chi connectivity index (χ2v) is 6.35. The summed E-state index contributed by atoms with van der Waals surface area (Å²) in [7, 11) is 1.58. The molecule has 0 spiro atoms. The van der Waals surface area contributed by atoms with Crippen molar-refractivity contribution in [1.82, 2.24) is 0 Å². The number of amides is 1. The van der Waals surface area contributed by atoms with E-state index < -0.39 is 0 Å². The van der Waals surface area contributed by atoms with E-state index in [0.29, 0.717) is 11.3 Å². The van der Waals surface area contributed by atoms with Gasteiger partial charge in [0.1, 0.15) is 5.75 Å². The zero-order chi connectivity index (χ0) is 19.1. The standard InChI is InChI=1S/C21H24N2O4/c1-26-19-8-2-16(3-9-19)20(24)10-11-21(25)22-17-4-6-18(7-5-17)23-12-14-27-15-13-23/h2-9H,10-15H2,1H3,(H,22,25). The third-order valence-electron chi connectivity index (χ3n) is 4.52. The number of anilines is 2. The molecule has 0 aliphatic carbocycles. The predicted octanol–water partition coefficient (Wildman–Crippen LogP) is 3.13. The van der Waals surface area contributed by atoms with Crippen molar-refractivity contribution in [2.24, 2.45) is 0 Å². The number of benzene rings is 2. The lowest BCUT2D eigenvalue weighted by Gasteiger charge is -2.28. The van der Waals surface area contributed by atoms with Crippen LogP contribution in [0.1, 0.15) is 23.2 Å². The topological polar surface area (TPSA) is 67.9 Å². The SMILES string of the molecule is COc1ccc(C(=O)CCC(=O)Nc2ccc(N3CCOCC3)cc2)cc1. The third-order valence-corrected chi connectivity index (χ3v) is 4.52. The number of carbonyl (C=O) groups excluding carboxylic acids is 2. The van der Waals surface area contributed by atoms with Crippen molar-refractivity contribution in [3.63, 3.8) is 0 Å². The van der Waals surface area contributed by atoms with E-state index in [1.807, 2.05) is 24.3 Å². The number of ketones is 1. The van der Waals surface area contributed by atoms with Crippen LogP contribution in [0.3, 0.4) is 0 Å². The maximum Gasteiger partial charge on any atom is 0.224 e. The second-order valence-electron chi connectivity index (χ2n) is 6.35. The lowest BCUT2D eigenvalue weighted by Crippen LogP contribution is -2.36. The van der Waals surface area contributed by atoms with Crippen LogP contribution in [-0.4, -0.2) is 45.1 Å². The third kappa shape index (κ3) is 5.31. The molecule has 0 radical (unpaired) electrons. The molecule has 0 saturated carbocycles. The van der Waals surface area contributed by atoms with Crippen molar-refractivity contribution < 1.29 is 19.1 Å². The number of morpholine rings is 1. The van der Waals surface area contributed by atoms with Crippen LogP contribution in [0.15, 0.2) is 48.5 Å². The number of hydrogen-bond donors (Lipinski definition) is 1. The van der Waals surface area contributed by atoms with Crippen LogP contribution in [0.25, 0.3) is 0 Å². The van der Waals surface area contributed by atoms with Crippen molar-refractivity contribution >= 4 is 23.1 Å². The van der Waals surface area contributed by atoms with Crippen molar-refractivity contribution in [2.75, 3.05) is 43.6 Å². The fourth-order valence-corrected chi connectivity index (χ4v) is 2.95. The summed E-state index contributed by atoms with van der Waals surface area (Å²) in [5.41, 5.74) is 2.43. The summed E-state index contributed by atoms with van der Waals surface area (Å²) in [6, 6.07) is 14.6. The van der Waals surface area contributed by atoms with Crippen molar-refractivity contribution in [2.45, 2.75) is 12.8 Å². The molecule has 1 saturated heterocycles. The molecule has 142 valence electrons. The molecule has 1 aliphatic rings. The molecule has 0 atom stereocenters. The predicted molar refractivity (Wildman–Crippen MR) is 105 cm³/mol. The first-order valence-electron chi connectivity index (χ1n) is 9.05. The Kier molecular flexibility index (Phi) is 6.44. The Bertz CT molecular complexity index is 766. The zero-order valence-electron chi connectivity index (χ0n) is 15.4. The first kappa shape index (κ1) is 18.9. The van der Waals surface area contributed by atoms with E-state index in [4.69, 9.17) is 9.47 Å². The molecule has 0 bridgehead atoms. The summed E-state index contributed by atoms with van der Waals surface area (Å²) in [5.74, 6) is 0.469. The van der Waals surface area contributed by atoms with Gasteiger partial charge in [0.05, 0.1) is 20.3 Å². The maximum absolute atomic E-state index is 12.2. The number of nitrogens with one attached hydrogen (secondary N) is 1. The molecule has 27 heavy (non-hydrogen) atoms. The molecule has 2 aromatic carbocycles. The van der Waals surface area contributed by atoms with Crippen LogP contribution in [0, 0.1) is 0 Å². The number of carbonyl (C=O) groups is 2. The van der Waals surface area contributed by atoms with Crippen LogP contribution in [-0.2, 0) is 9.53 Å². The van der Waals surface area contributed by atoms with E-state index in [-0.39, 0.29) is 24.5 Å². The summed E-state index contributed by atoms with van der Waals surface area (Å²) in [6.07, 6.45) is 0.320. The number of methoxy groups -OCH3 is 1. The number of rotatable bonds is 7. The van der Waals surface area contributed by atoms with Gasteiger partial charge in [-0.2, -0.15) is 0 Å². The smallest absolute Gasteiger partial charge is 0.224 e. The van der Waals surface area contributed by atoms with Crippen LogP contribution in [0.5, 0.6) is 5.75 Å². The van der Waals surface area contributed by atoms with Gasteiger partial charge in [0.2, 0.25) is 5.91 Å². The zero-order valence-corrected chi connectivity index (χ0v) is 15.4. The highest BCUT2D eigenvalue weighted by Gasteiger charge is 2.12. The van der Waals surface area contributed by atoms with Gasteiger partial charge < -0.3 is 19.7 Å². The first-order chi connectivity index (χ1) is 13.2. The van der Waals surface area contributed by atoms with Gasteiger partial charge in [0, 0.05) is 42.9 Å². The Morgan fingerprint density at radius 2 is 1.67 bits per heavy atom. The average molecular weight is 368 g/mol. The molecular formula is C21H24N2O4. The highest BCUT2D eigenvalue weighted by atomic mass is 16.5. The van der Waals surface area contributed by atoms with Crippen molar-refractivity contribution in [3.05, 3.63) is 54.1 Å². The summed E-state index contributed by atoms with van der Waals surface area (Å²) < 4.78 is 10.4. The average Bonchev–Trinajstić information content (AvgIpc) is 2.73. The molecule has 0 aromatic heterocycles. The van der Waals surface area contributed by atoms with Crippen LogP contribution < -0.4 is 15.0 Å². The van der Waals surface area contributed by atoms with E-state index >= 15 is 0 Å². The summed E-state index contributed by atoms with van der Waals surface area (Å²) in [6.45, 7) is 3.22. The molecule has 0 unspecified atom stereocenters. The van der Waals surface area contributed by atoms with Gasteiger partial charge in [-0.25, -0.2) is 0 Å². The molecular weight excluding hydrogens is 344 g/mol. The lowest BCUT2D eigenvalue weighted by molar-refractivity contribution is -0.116. The quantitative estimate of drug-likeness (QED) is 0.761. The second kappa shape index (κ2) is 9.19. The van der Waals surface area contributed by atoms with E-state index in [2.05, 4.69) is 10.2 Å². The number of ether oxygens (including phenoxy) is 2. The Morgan fingerprint density at radius 1 is 1.00 bits per heavy atom. The molecule has 1 heterocycles. The molecule has 6 heteroatoms. The van der Waals surface area contributed by atoms with E-state index in [1.165, 1.54) is 0 Å². The normalized spacial score (nSPS) is 13.9. The van der Waals surface area contributed by atoms with E-state index in [9.17, 15) is 9.59 Å². The van der Waals surface area contributed by atoms with Gasteiger partial charge in [-0.3, -0.25) is 9.59 Å². The maximum atomic E-state index is 12.2. The summed E-state index contributed by atoms with van der Waals surface area (Å²) in [5, 5.41) is 2.84. The minimum Gasteiger partial charge on any atom is -0.497 e. The van der Waals surface area contributed by atoms with Gasteiger partial charge in [0.25, 0.3) is 0 Å². The molecule has 1 amide bonds. The Hall–Kier alpha value is -2.86. The van der Waals surface area contributed by atoms with Gasteiger partial charge >= 0.3 is 0 Å². The Balaban J connectivity index is 1.47. The summed E-state index contributed by atoms with van der Waals surface area (Å²) in [4.78, 5) is 26.6. The van der Waals surface area contributed by atoms with Crippen LogP contribution in [0.4, 0.5) is 11.4 Å². The molecule has 1 fully saturated rings. The van der Waals surface area contributed by atoms with Crippen LogP contribution >= 0.6 is 0 Å². The van der Waals surface area contributed by atoms with E-state index in [0.717, 1.165) is 37.7 Å². The van der Waals surface area contributed by atoms with Crippen molar-refractivity contribution in [3.8, 4) is 5.75 Å². The molecule has 1 aliphatic heterocycles. The van der Waals surface area contributed by atoms with Gasteiger partial charge in [0.15, 0.2) is 5.78 Å². The van der Waals surface area contributed by atoms with Gasteiger partial charge in [-0.15, -0.1) is 0 Å². The highest BCUT2D eigenvalue weighted by molar-refractivity contribution is 6.00. The Morgan fingerprint density at radius 3 is 2.30 bits per heavy atom. The minimum absolute atomic E-state index is 0.0598. The fraction of sp³-hybridized carbons (Fsp3) is 0.333. The first-order valence-corrected chi connectivity index (χ1v) is 9.05. The number of nitrogens with zero attached hydrogens (tertiary/aromatic N) is 1. The van der Waals surface area contributed by atoms with Gasteiger partial charge in [-0.1, -0.05) is 0 Å². The number of hydrogen-bond acceptors (Lipinski definition) is 5. The molecule has 1 N–H and O–H groups in total. The molecule has 3 rings (SSSR count). The Labute approximate surface area is 159 Å². The molecule has 2 aromatic rings. The summed E-state index contributed by atoms with van der Waals surface area (Å²) >= 11 is 0. The van der Waals surface area contributed by atoms with E-state index in [1.54, 1.807) is 31.4 Å². The number of Topliss-reactive ketones (excluding diaryl/α,β-unsaturated/α-hetero) is 1. The monoisotopic (exact) mass is 368 g/mol. The lowest BCUT2D eigenvalue weighted by atomic mass is 10.1. The van der Waals surface area contributed by atoms with Crippen LogP contribution in [0.2, 0.25) is 0 Å².